The number of amidine groups is 1. The predicted octanol–water partition coefficient (Wildman–Crippen LogP) is 0.902. The monoisotopic (exact) mass is 342 g/mol. The molecule has 1 saturated heterocycles. The molecule has 2 heterocycles. The smallest absolute Gasteiger partial charge is 0.275 e. The number of aryl methyl sites for hydroxylation is 1. The predicted molar refractivity (Wildman–Crippen MR) is 95.7 cm³/mol. The van der Waals surface area contributed by atoms with Crippen LogP contribution in [-0.4, -0.2) is 71.3 Å². The van der Waals surface area contributed by atoms with Gasteiger partial charge in [0.05, 0.1) is 13.1 Å². The Hall–Kier alpha value is -2.70. The lowest BCUT2D eigenvalue weighted by Crippen LogP contribution is -2.61. The molecule has 0 aliphatic carbocycles. The molecule has 2 aliphatic rings. The molecule has 3 rings (SSSR count). The summed E-state index contributed by atoms with van der Waals surface area (Å²) in [6.07, 6.45) is 1.82. The van der Waals surface area contributed by atoms with Crippen LogP contribution in [0.15, 0.2) is 35.3 Å². The summed E-state index contributed by atoms with van der Waals surface area (Å²) in [6, 6.07) is 9.40. The fourth-order valence-electron chi connectivity index (χ4n) is 3.23. The van der Waals surface area contributed by atoms with Crippen LogP contribution >= 0.6 is 0 Å². The fourth-order valence-corrected chi connectivity index (χ4v) is 3.23. The molecule has 1 atom stereocenters. The first-order valence-corrected chi connectivity index (χ1v) is 8.59. The van der Waals surface area contributed by atoms with E-state index in [2.05, 4.69) is 22.4 Å². The molecule has 0 bridgehead atoms. The Morgan fingerprint density at radius 2 is 1.88 bits per heavy atom. The summed E-state index contributed by atoms with van der Waals surface area (Å²) in [5.41, 5.74) is 1.27. The minimum Gasteiger partial charge on any atom is -0.275 e. The van der Waals surface area contributed by atoms with Gasteiger partial charge in [-0.05, 0) is 25.3 Å². The van der Waals surface area contributed by atoms with Crippen molar-refractivity contribution >= 4 is 23.7 Å². The molecule has 7 heteroatoms. The number of nitrogens with one attached hydrogen (secondary N) is 1. The molecule has 1 fully saturated rings. The molecular formula is C18H24N5O2+. The van der Waals surface area contributed by atoms with E-state index in [1.54, 1.807) is 7.05 Å². The number of urea groups is 1. The maximum atomic E-state index is 12.7. The van der Waals surface area contributed by atoms with E-state index >= 15 is 0 Å². The van der Waals surface area contributed by atoms with Gasteiger partial charge in [-0.2, -0.15) is 0 Å². The van der Waals surface area contributed by atoms with E-state index in [1.807, 2.05) is 29.7 Å². The minimum atomic E-state index is -0.530. The van der Waals surface area contributed by atoms with E-state index in [1.165, 1.54) is 22.4 Å². The quantitative estimate of drug-likeness (QED) is 0.809. The normalized spacial score (nSPS) is 20.1. The number of nitrogens with zero attached hydrogens (tertiary/aromatic N) is 4. The third-order valence-corrected chi connectivity index (χ3v) is 4.57. The number of aliphatic imine (C=N–C) groups is 1. The molecule has 1 unspecified atom stereocenters. The van der Waals surface area contributed by atoms with Crippen LogP contribution in [0.1, 0.15) is 18.9 Å². The zero-order valence-electron chi connectivity index (χ0n) is 14.9. The van der Waals surface area contributed by atoms with Gasteiger partial charge >= 0.3 is 12.0 Å². The summed E-state index contributed by atoms with van der Waals surface area (Å²) in [6.45, 7) is 3.38. The van der Waals surface area contributed by atoms with Gasteiger partial charge in [-0.1, -0.05) is 35.3 Å². The van der Waals surface area contributed by atoms with E-state index < -0.39 is 6.04 Å². The highest BCUT2D eigenvalue weighted by atomic mass is 16.2. The second-order valence-corrected chi connectivity index (χ2v) is 6.25. The van der Waals surface area contributed by atoms with Gasteiger partial charge in [-0.15, -0.1) is 0 Å². The Morgan fingerprint density at radius 3 is 2.56 bits per heavy atom. The van der Waals surface area contributed by atoms with Gasteiger partial charge in [-0.25, -0.2) is 9.37 Å². The molecule has 1 N–H and O–H groups in total. The SMILES string of the molecule is CCNC1=[N+](CCCc2ccccc2)C2C(=O)N(C)C(=O)N(C)C2=N1. The van der Waals surface area contributed by atoms with E-state index in [9.17, 15) is 9.59 Å². The highest BCUT2D eigenvalue weighted by Crippen LogP contribution is 2.18. The van der Waals surface area contributed by atoms with E-state index in [0.29, 0.717) is 24.9 Å². The highest BCUT2D eigenvalue weighted by molar-refractivity contribution is 6.22. The first kappa shape index (κ1) is 17.1. The van der Waals surface area contributed by atoms with Crippen molar-refractivity contribution in [3.05, 3.63) is 35.9 Å². The van der Waals surface area contributed by atoms with Crippen molar-refractivity contribution in [1.82, 2.24) is 15.1 Å². The van der Waals surface area contributed by atoms with Crippen LogP contribution in [0.2, 0.25) is 0 Å². The summed E-state index contributed by atoms with van der Waals surface area (Å²) < 4.78 is 1.98. The molecule has 7 nitrogen and oxygen atoms in total. The number of likely N-dealkylation sites (N-methyl/N-ethyl adjacent to an activating group) is 2. The number of rotatable bonds is 5. The molecule has 0 spiro atoms. The van der Waals surface area contributed by atoms with Crippen molar-refractivity contribution in [2.24, 2.45) is 4.99 Å². The van der Waals surface area contributed by atoms with Crippen LogP contribution in [0.25, 0.3) is 0 Å². The number of carbonyl (C=O) groups is 2. The van der Waals surface area contributed by atoms with Gasteiger partial charge in [-0.3, -0.25) is 19.9 Å². The number of benzene rings is 1. The van der Waals surface area contributed by atoms with Crippen LogP contribution < -0.4 is 5.32 Å². The van der Waals surface area contributed by atoms with E-state index in [-0.39, 0.29) is 11.9 Å². The Morgan fingerprint density at radius 1 is 1.16 bits per heavy atom. The molecule has 0 saturated carbocycles. The number of imide groups is 1. The highest BCUT2D eigenvalue weighted by Gasteiger charge is 2.51. The molecule has 0 radical (unpaired) electrons. The zero-order chi connectivity index (χ0) is 18.0. The Kier molecular flexibility index (Phi) is 4.83. The molecule has 1 aromatic rings. The first-order valence-electron chi connectivity index (χ1n) is 8.59. The standard InChI is InChI=1S/C18H23N5O2/c1-4-19-17-20-15-14(16(24)22(3)18(25)21(15)2)23(17)12-8-11-13-9-6-5-7-10-13/h5-7,9-10,14H,4,8,11-12H2,1-3H3/p+1. The van der Waals surface area contributed by atoms with E-state index in [4.69, 9.17) is 0 Å². The Balaban J connectivity index is 1.79. The largest absolute Gasteiger partial charge is 0.390 e. The van der Waals surface area contributed by atoms with Gasteiger partial charge < -0.3 is 0 Å². The molecule has 2 aliphatic heterocycles. The number of amides is 3. The zero-order valence-corrected chi connectivity index (χ0v) is 14.9. The number of fused-ring (bicyclic) bond motifs is 1. The minimum absolute atomic E-state index is 0.227. The summed E-state index contributed by atoms with van der Waals surface area (Å²) in [5, 5.41) is 3.22. The number of guanidine groups is 1. The van der Waals surface area contributed by atoms with Crippen LogP contribution in [0, 0.1) is 0 Å². The Bertz CT molecular complexity index is 741. The fraction of sp³-hybridized carbons (Fsp3) is 0.444. The summed E-state index contributed by atoms with van der Waals surface area (Å²) in [7, 11) is 3.18. The third-order valence-electron chi connectivity index (χ3n) is 4.57. The van der Waals surface area contributed by atoms with Crippen molar-refractivity contribution in [2.75, 3.05) is 27.2 Å². The van der Waals surface area contributed by atoms with Gasteiger partial charge in [0.15, 0.2) is 0 Å². The second-order valence-electron chi connectivity index (χ2n) is 6.25. The second kappa shape index (κ2) is 7.04. The Labute approximate surface area is 147 Å². The van der Waals surface area contributed by atoms with Crippen molar-refractivity contribution in [1.29, 1.82) is 0 Å². The number of carbonyl (C=O) groups excluding carboxylic acids is 2. The van der Waals surface area contributed by atoms with Crippen LogP contribution in [0.4, 0.5) is 4.79 Å². The average molecular weight is 342 g/mol. The van der Waals surface area contributed by atoms with Gasteiger partial charge in [0.1, 0.15) is 0 Å². The van der Waals surface area contributed by atoms with Crippen LogP contribution in [0.5, 0.6) is 0 Å². The molecular weight excluding hydrogens is 318 g/mol. The van der Waals surface area contributed by atoms with Gasteiger partial charge in [0.25, 0.3) is 5.91 Å². The number of hydrogen-bond acceptors (Lipinski definition) is 4. The van der Waals surface area contributed by atoms with Crippen molar-refractivity contribution < 1.29 is 14.2 Å². The van der Waals surface area contributed by atoms with Crippen LogP contribution in [0.3, 0.4) is 0 Å². The molecule has 25 heavy (non-hydrogen) atoms. The van der Waals surface area contributed by atoms with Gasteiger partial charge in [0.2, 0.25) is 11.9 Å². The summed E-state index contributed by atoms with van der Waals surface area (Å²) in [5.74, 6) is 0.942. The topological polar surface area (TPSA) is 68.0 Å². The lowest BCUT2D eigenvalue weighted by molar-refractivity contribution is -0.537. The van der Waals surface area contributed by atoms with Crippen molar-refractivity contribution in [2.45, 2.75) is 25.8 Å². The summed E-state index contributed by atoms with van der Waals surface area (Å²) >= 11 is 0. The van der Waals surface area contributed by atoms with Crippen molar-refractivity contribution in [3.8, 4) is 0 Å². The van der Waals surface area contributed by atoms with E-state index in [0.717, 1.165) is 12.8 Å². The molecule has 1 aromatic carbocycles. The maximum Gasteiger partial charge on any atom is 0.390 e. The van der Waals surface area contributed by atoms with Crippen molar-refractivity contribution in [3.63, 3.8) is 0 Å². The molecule has 0 aromatic heterocycles. The maximum absolute atomic E-state index is 12.7. The van der Waals surface area contributed by atoms with Crippen LogP contribution in [-0.2, 0) is 11.2 Å². The third kappa shape index (κ3) is 3.14. The lowest BCUT2D eigenvalue weighted by Gasteiger charge is -2.31. The summed E-state index contributed by atoms with van der Waals surface area (Å²) in [4.78, 5) is 32.0. The number of hydrogen-bond donors (Lipinski definition) is 1. The first-order chi connectivity index (χ1) is 12.0. The average Bonchev–Trinajstić information content (AvgIpc) is 2.98. The lowest BCUT2D eigenvalue weighted by atomic mass is 10.1. The molecule has 132 valence electrons. The molecule has 3 amide bonds. The van der Waals surface area contributed by atoms with Gasteiger partial charge in [0, 0.05) is 14.1 Å².